The summed E-state index contributed by atoms with van der Waals surface area (Å²) in [7, 11) is -1.36. The van der Waals surface area contributed by atoms with E-state index < -0.39 is 38.3 Å². The molecule has 0 bridgehead atoms. The number of carbonyl (C=O) groups excluding carboxylic acids is 1. The lowest BCUT2D eigenvalue weighted by Crippen LogP contribution is -2.36. The summed E-state index contributed by atoms with van der Waals surface area (Å²) in [4.78, 5) is 27.7. The number of hydrogen-bond acceptors (Lipinski definition) is 8. The van der Waals surface area contributed by atoms with Crippen molar-refractivity contribution in [1.82, 2.24) is 14.2 Å². The number of rotatable bonds is 6. The van der Waals surface area contributed by atoms with Crippen LogP contribution in [0.3, 0.4) is 0 Å². The van der Waals surface area contributed by atoms with E-state index in [4.69, 9.17) is 13.8 Å². The third-order valence-corrected chi connectivity index (χ3v) is 8.60. The van der Waals surface area contributed by atoms with Gasteiger partial charge in [0.15, 0.2) is 0 Å². The van der Waals surface area contributed by atoms with Gasteiger partial charge in [-0.25, -0.2) is 9.46 Å². The van der Waals surface area contributed by atoms with Crippen LogP contribution in [0.4, 0.5) is 5.82 Å². The molecule has 3 saturated heterocycles. The lowest BCUT2D eigenvalue weighted by molar-refractivity contribution is -0.114. The Morgan fingerprint density at radius 2 is 2.15 bits per heavy atom. The number of carbonyl (C=O) groups is 1. The minimum Gasteiger partial charge on any atom is -0.394 e. The molecule has 10 nitrogen and oxygen atoms in total. The number of aliphatic hydroxyl groups is 1. The van der Waals surface area contributed by atoms with Crippen LogP contribution in [-0.2, 0) is 24.2 Å². The molecule has 0 spiro atoms. The molecule has 1 aromatic heterocycles. The quantitative estimate of drug-likeness (QED) is 0.596. The number of benzene rings is 1. The van der Waals surface area contributed by atoms with E-state index in [1.165, 1.54) is 17.7 Å². The van der Waals surface area contributed by atoms with Crippen molar-refractivity contribution in [2.45, 2.75) is 63.2 Å². The first-order valence-corrected chi connectivity index (χ1v) is 12.6. The fraction of sp³-hybridized carbons (Fsp3) is 0.522. The van der Waals surface area contributed by atoms with E-state index >= 15 is 0 Å². The Kier molecular flexibility index (Phi) is 6.54. The van der Waals surface area contributed by atoms with Crippen molar-refractivity contribution in [3.05, 3.63) is 58.6 Å². The van der Waals surface area contributed by atoms with Crippen LogP contribution in [0.1, 0.15) is 44.9 Å². The number of hydrogen-bond donors (Lipinski definition) is 2. The number of anilines is 1. The summed E-state index contributed by atoms with van der Waals surface area (Å²) in [6.07, 6.45) is 2.33. The summed E-state index contributed by atoms with van der Waals surface area (Å²) in [5.41, 5.74) is 0.0987. The Morgan fingerprint density at radius 1 is 1.35 bits per heavy atom. The average molecular weight is 488 g/mol. The van der Waals surface area contributed by atoms with Crippen LogP contribution in [0.5, 0.6) is 0 Å². The zero-order valence-electron chi connectivity index (χ0n) is 19.2. The summed E-state index contributed by atoms with van der Waals surface area (Å²) >= 11 is 0. The van der Waals surface area contributed by atoms with Crippen molar-refractivity contribution in [2.75, 3.05) is 18.5 Å². The molecule has 34 heavy (non-hydrogen) atoms. The Balaban J connectivity index is 1.33. The zero-order chi connectivity index (χ0) is 23.9. The predicted molar refractivity (Wildman–Crippen MR) is 125 cm³/mol. The largest absolute Gasteiger partial charge is 0.394 e. The molecular formula is C23H29N4O6P. The van der Waals surface area contributed by atoms with E-state index in [0.29, 0.717) is 6.42 Å². The highest BCUT2D eigenvalue weighted by Gasteiger charge is 2.56. The predicted octanol–water partition coefficient (Wildman–Crippen LogP) is 2.50. The van der Waals surface area contributed by atoms with Crippen LogP contribution in [0.2, 0.25) is 0 Å². The van der Waals surface area contributed by atoms with Crippen molar-refractivity contribution in [3.8, 4) is 0 Å². The molecule has 4 heterocycles. The van der Waals surface area contributed by atoms with Crippen LogP contribution in [0, 0.1) is 0 Å². The molecule has 182 valence electrons. The maximum Gasteiger partial charge on any atom is 0.351 e. The van der Waals surface area contributed by atoms with Gasteiger partial charge in [-0.3, -0.25) is 9.36 Å². The Morgan fingerprint density at radius 3 is 2.85 bits per heavy atom. The van der Waals surface area contributed by atoms with E-state index in [-0.39, 0.29) is 24.4 Å². The third kappa shape index (κ3) is 4.30. The van der Waals surface area contributed by atoms with Gasteiger partial charge in [-0.1, -0.05) is 30.3 Å². The molecule has 3 aliphatic rings. The van der Waals surface area contributed by atoms with Crippen LogP contribution in [0.25, 0.3) is 0 Å². The highest BCUT2D eigenvalue weighted by Crippen LogP contribution is 2.63. The smallest absolute Gasteiger partial charge is 0.351 e. The van der Waals surface area contributed by atoms with Crippen molar-refractivity contribution in [1.29, 1.82) is 0 Å². The van der Waals surface area contributed by atoms with Gasteiger partial charge in [0, 0.05) is 26.1 Å². The van der Waals surface area contributed by atoms with Crippen molar-refractivity contribution in [3.63, 3.8) is 0 Å². The molecular weight excluding hydrogens is 459 g/mol. The molecule has 0 aliphatic carbocycles. The second-order valence-corrected chi connectivity index (χ2v) is 10.4. The van der Waals surface area contributed by atoms with E-state index in [2.05, 4.69) is 34.0 Å². The van der Waals surface area contributed by atoms with Crippen LogP contribution in [0.15, 0.2) is 47.4 Å². The number of nitrogens with one attached hydrogen (secondary N) is 1. The standard InChI is InChI=1S/C23H29N4O6P/c1-15(29)24-20-10-12-26(22(30)25-20)21-13-17(18(14-28)31-21)32-34-27-11-6-9-19(27)23(2,33-34)16-7-4-3-5-8-16/h3-5,7-8,10,12,17-19,21,28H,6,9,11,13-14H2,1-2H3,(H,24,25,29,30)/t17?,18-,19+,21-,23-,34+/m1/s1. The Hall–Kier alpha value is -2.20. The lowest BCUT2D eigenvalue weighted by atomic mass is 9.87. The number of nitrogens with zero attached hydrogens (tertiary/aromatic N) is 3. The minimum absolute atomic E-state index is 0.182. The van der Waals surface area contributed by atoms with Crippen molar-refractivity contribution in [2.24, 2.45) is 0 Å². The Labute approximate surface area is 198 Å². The van der Waals surface area contributed by atoms with Gasteiger partial charge < -0.3 is 24.2 Å². The maximum absolute atomic E-state index is 12.5. The van der Waals surface area contributed by atoms with Crippen LogP contribution < -0.4 is 11.0 Å². The number of fused-ring (bicyclic) bond motifs is 1. The van der Waals surface area contributed by atoms with Gasteiger partial charge in [0.1, 0.15) is 23.8 Å². The number of aliphatic hydroxyl groups excluding tert-OH is 1. The van der Waals surface area contributed by atoms with Crippen molar-refractivity contribution < 1.29 is 23.7 Å². The van der Waals surface area contributed by atoms with E-state index in [9.17, 15) is 14.7 Å². The molecule has 1 aromatic carbocycles. The average Bonchev–Trinajstić information content (AvgIpc) is 3.51. The molecule has 5 rings (SSSR count). The second-order valence-electron chi connectivity index (χ2n) is 9.00. The first-order valence-electron chi connectivity index (χ1n) is 11.5. The molecule has 3 aliphatic heterocycles. The highest BCUT2D eigenvalue weighted by molar-refractivity contribution is 7.45. The third-order valence-electron chi connectivity index (χ3n) is 6.72. The van der Waals surface area contributed by atoms with E-state index in [1.54, 1.807) is 6.07 Å². The molecule has 2 N–H and O–H groups in total. The molecule has 6 atom stereocenters. The van der Waals surface area contributed by atoms with Gasteiger partial charge in [-0.05, 0) is 31.4 Å². The Bertz CT molecular complexity index is 1100. The molecule has 2 aromatic rings. The monoisotopic (exact) mass is 488 g/mol. The lowest BCUT2D eigenvalue weighted by Gasteiger charge is -2.29. The molecule has 1 unspecified atom stereocenters. The van der Waals surface area contributed by atoms with Gasteiger partial charge in [0.25, 0.3) is 8.53 Å². The number of aromatic nitrogens is 2. The topological polar surface area (TPSA) is 115 Å². The zero-order valence-corrected chi connectivity index (χ0v) is 20.1. The summed E-state index contributed by atoms with van der Waals surface area (Å²) in [6.45, 7) is 4.13. The molecule has 3 fully saturated rings. The van der Waals surface area contributed by atoms with Crippen LogP contribution in [-0.4, -0.2) is 56.6 Å². The van der Waals surface area contributed by atoms with Crippen molar-refractivity contribution >= 4 is 20.3 Å². The van der Waals surface area contributed by atoms with Gasteiger partial charge in [-0.2, -0.15) is 4.98 Å². The summed E-state index contributed by atoms with van der Waals surface area (Å²) in [6, 6.07) is 12.0. The molecule has 11 heteroatoms. The fourth-order valence-corrected chi connectivity index (χ4v) is 7.16. The SMILES string of the molecule is CC(=O)Nc1ccn([C@H]2CC(O[P@@]3O[C@](C)(c4ccccc4)[C@@H]4CCCN43)[C@@H](CO)O2)c(=O)n1. The van der Waals surface area contributed by atoms with Gasteiger partial charge >= 0.3 is 5.69 Å². The first-order chi connectivity index (χ1) is 16.4. The van der Waals surface area contributed by atoms with Gasteiger partial charge in [0.05, 0.1) is 18.8 Å². The van der Waals surface area contributed by atoms with E-state index in [0.717, 1.165) is 24.9 Å². The fourth-order valence-electron chi connectivity index (χ4n) is 5.02. The molecule has 1 amide bonds. The summed E-state index contributed by atoms with van der Waals surface area (Å²) < 4.78 is 22.7. The summed E-state index contributed by atoms with van der Waals surface area (Å²) in [5, 5.41) is 12.4. The van der Waals surface area contributed by atoms with Gasteiger partial charge in [0.2, 0.25) is 5.91 Å². The van der Waals surface area contributed by atoms with E-state index in [1.807, 2.05) is 18.2 Å². The van der Waals surface area contributed by atoms with Gasteiger partial charge in [-0.15, -0.1) is 0 Å². The molecule has 0 saturated carbocycles. The number of ether oxygens (including phenoxy) is 1. The first kappa shape index (κ1) is 23.5. The maximum atomic E-state index is 12.5. The summed E-state index contributed by atoms with van der Waals surface area (Å²) in [5.74, 6) is -0.126. The minimum atomic E-state index is -1.36. The number of amides is 1. The normalized spacial score (nSPS) is 33.2. The highest BCUT2D eigenvalue weighted by atomic mass is 31.2. The molecule has 0 radical (unpaired) electrons. The second kappa shape index (κ2) is 9.45. The van der Waals surface area contributed by atoms with Crippen LogP contribution >= 0.6 is 8.53 Å².